The summed E-state index contributed by atoms with van der Waals surface area (Å²) >= 11 is 0. The number of methoxy groups -OCH3 is 2. The average Bonchev–Trinajstić information content (AvgIpc) is 2.98. The maximum absolute atomic E-state index is 12.5. The topological polar surface area (TPSA) is 133 Å². The molecule has 0 aliphatic heterocycles. The largest absolute Gasteiger partial charge is 0.493 e. The van der Waals surface area contributed by atoms with E-state index in [1.54, 1.807) is 32.0 Å². The molecule has 0 bridgehead atoms. The normalized spacial score (nSPS) is 10.3. The van der Waals surface area contributed by atoms with Crippen LogP contribution in [0.3, 0.4) is 0 Å². The van der Waals surface area contributed by atoms with Crippen LogP contribution in [0.4, 0.5) is 0 Å². The zero-order valence-corrected chi connectivity index (χ0v) is 16.2. The zero-order valence-electron chi connectivity index (χ0n) is 16.2. The molecule has 1 aromatic heterocycles. The van der Waals surface area contributed by atoms with Gasteiger partial charge in [-0.2, -0.15) is 0 Å². The molecule has 0 radical (unpaired) electrons. The van der Waals surface area contributed by atoms with Crippen LogP contribution in [0.15, 0.2) is 18.2 Å². The van der Waals surface area contributed by atoms with Gasteiger partial charge < -0.3 is 30.2 Å². The Kier molecular flexibility index (Phi) is 6.64. The maximum atomic E-state index is 12.5. The van der Waals surface area contributed by atoms with E-state index in [1.807, 2.05) is 0 Å². The summed E-state index contributed by atoms with van der Waals surface area (Å²) in [5.41, 5.74) is 7.56. The number of amides is 2. The number of esters is 1. The Morgan fingerprint density at radius 3 is 2.46 bits per heavy atom. The van der Waals surface area contributed by atoms with Gasteiger partial charge in [0.15, 0.2) is 18.1 Å². The van der Waals surface area contributed by atoms with Gasteiger partial charge in [-0.25, -0.2) is 4.79 Å². The van der Waals surface area contributed by atoms with Gasteiger partial charge in [-0.1, -0.05) is 6.07 Å². The lowest BCUT2D eigenvalue weighted by Gasteiger charge is -2.12. The van der Waals surface area contributed by atoms with Gasteiger partial charge in [0, 0.05) is 12.2 Å². The van der Waals surface area contributed by atoms with Crippen LogP contribution in [0.1, 0.15) is 37.7 Å². The lowest BCUT2D eigenvalue weighted by atomic mass is 10.1. The summed E-state index contributed by atoms with van der Waals surface area (Å²) in [4.78, 5) is 38.1. The number of carbonyl (C=O) groups excluding carboxylic acids is 3. The minimum atomic E-state index is -0.596. The Morgan fingerprint density at radius 2 is 1.86 bits per heavy atom. The van der Waals surface area contributed by atoms with Gasteiger partial charge in [0.2, 0.25) is 0 Å². The smallest absolute Gasteiger partial charge is 0.339 e. The van der Waals surface area contributed by atoms with Crippen molar-refractivity contribution in [2.75, 3.05) is 20.8 Å². The molecule has 0 unspecified atom stereocenters. The van der Waals surface area contributed by atoms with Crippen LogP contribution >= 0.6 is 0 Å². The molecule has 2 amide bonds. The van der Waals surface area contributed by atoms with Gasteiger partial charge in [-0.05, 0) is 37.1 Å². The molecule has 9 heteroatoms. The van der Waals surface area contributed by atoms with E-state index in [4.69, 9.17) is 19.9 Å². The molecule has 0 aliphatic carbocycles. The SMILES string of the molecule is COC(=O)c1c(C)[nH]c(C(=O)NCc2ccc(OCC(N)=O)c(OC)c2)c1C. The van der Waals surface area contributed by atoms with Gasteiger partial charge in [-0.3, -0.25) is 9.59 Å². The van der Waals surface area contributed by atoms with Crippen LogP contribution in [0.2, 0.25) is 0 Å². The highest BCUT2D eigenvalue weighted by Gasteiger charge is 2.22. The maximum Gasteiger partial charge on any atom is 0.339 e. The summed E-state index contributed by atoms with van der Waals surface area (Å²) in [5, 5.41) is 2.78. The van der Waals surface area contributed by atoms with E-state index in [9.17, 15) is 14.4 Å². The van der Waals surface area contributed by atoms with E-state index >= 15 is 0 Å². The molecule has 0 saturated heterocycles. The van der Waals surface area contributed by atoms with Crippen molar-refractivity contribution in [1.29, 1.82) is 0 Å². The van der Waals surface area contributed by atoms with E-state index < -0.39 is 11.9 Å². The van der Waals surface area contributed by atoms with Gasteiger partial charge in [0.25, 0.3) is 11.8 Å². The highest BCUT2D eigenvalue weighted by molar-refractivity contribution is 6.00. The van der Waals surface area contributed by atoms with E-state index in [0.29, 0.717) is 34.0 Å². The third kappa shape index (κ3) is 4.61. The molecule has 0 aliphatic rings. The molecule has 4 N–H and O–H groups in total. The average molecular weight is 389 g/mol. The van der Waals surface area contributed by atoms with Crippen molar-refractivity contribution in [2.45, 2.75) is 20.4 Å². The highest BCUT2D eigenvalue weighted by Crippen LogP contribution is 2.28. The summed E-state index contributed by atoms with van der Waals surface area (Å²) in [6.07, 6.45) is 0. The number of benzene rings is 1. The van der Waals surface area contributed by atoms with Crippen LogP contribution in [-0.2, 0) is 16.1 Å². The van der Waals surface area contributed by atoms with E-state index in [0.717, 1.165) is 5.56 Å². The lowest BCUT2D eigenvalue weighted by molar-refractivity contribution is -0.119. The Morgan fingerprint density at radius 1 is 1.14 bits per heavy atom. The summed E-state index contributed by atoms with van der Waals surface area (Å²) in [7, 11) is 2.76. The highest BCUT2D eigenvalue weighted by atomic mass is 16.5. The van der Waals surface area contributed by atoms with Crippen molar-refractivity contribution in [3.05, 3.63) is 46.3 Å². The second-order valence-electron chi connectivity index (χ2n) is 6.04. The first-order chi connectivity index (χ1) is 13.3. The number of primary amides is 1. The molecule has 150 valence electrons. The van der Waals surface area contributed by atoms with Gasteiger partial charge >= 0.3 is 5.97 Å². The second-order valence-corrected chi connectivity index (χ2v) is 6.04. The number of aromatic amines is 1. The number of rotatable bonds is 8. The summed E-state index contributed by atoms with van der Waals surface area (Å²) < 4.78 is 15.3. The van der Waals surface area contributed by atoms with E-state index in [1.165, 1.54) is 14.2 Å². The van der Waals surface area contributed by atoms with Crippen molar-refractivity contribution in [3.8, 4) is 11.5 Å². The number of aryl methyl sites for hydroxylation is 1. The first kappa shape index (κ1) is 20.8. The van der Waals surface area contributed by atoms with Crippen molar-refractivity contribution < 1.29 is 28.6 Å². The Hall–Kier alpha value is -3.49. The summed E-state index contributed by atoms with van der Waals surface area (Å²) in [6.45, 7) is 3.33. The summed E-state index contributed by atoms with van der Waals surface area (Å²) in [6, 6.07) is 5.04. The number of aromatic nitrogens is 1. The molecular formula is C19H23N3O6. The van der Waals surface area contributed by atoms with Crippen molar-refractivity contribution in [3.63, 3.8) is 0 Å². The Labute approximate surface area is 162 Å². The van der Waals surface area contributed by atoms with Crippen LogP contribution in [0, 0.1) is 13.8 Å². The molecular weight excluding hydrogens is 366 g/mol. The van der Waals surface area contributed by atoms with Crippen LogP contribution < -0.4 is 20.5 Å². The minimum absolute atomic E-state index is 0.219. The molecule has 0 fully saturated rings. The summed E-state index contributed by atoms with van der Waals surface area (Å²) in [5.74, 6) is -0.672. The fourth-order valence-corrected chi connectivity index (χ4v) is 2.75. The van der Waals surface area contributed by atoms with Crippen molar-refractivity contribution in [1.82, 2.24) is 10.3 Å². The third-order valence-corrected chi connectivity index (χ3v) is 4.11. The number of nitrogens with one attached hydrogen (secondary N) is 2. The molecule has 28 heavy (non-hydrogen) atoms. The number of H-pyrrole nitrogens is 1. The van der Waals surface area contributed by atoms with Gasteiger partial charge in [0.05, 0.1) is 19.8 Å². The first-order valence-electron chi connectivity index (χ1n) is 8.42. The first-order valence-corrected chi connectivity index (χ1v) is 8.42. The predicted octanol–water partition coefficient (Wildman–Crippen LogP) is 1.22. The molecule has 1 aromatic carbocycles. The number of hydrogen-bond acceptors (Lipinski definition) is 6. The number of nitrogens with two attached hydrogens (primary N) is 1. The quantitative estimate of drug-likeness (QED) is 0.582. The van der Waals surface area contributed by atoms with Crippen molar-refractivity contribution >= 4 is 17.8 Å². The molecule has 9 nitrogen and oxygen atoms in total. The minimum Gasteiger partial charge on any atom is -0.493 e. The molecule has 0 saturated carbocycles. The monoisotopic (exact) mass is 389 g/mol. The molecule has 2 aromatic rings. The second kappa shape index (κ2) is 8.94. The number of ether oxygens (including phenoxy) is 3. The van der Waals surface area contributed by atoms with Gasteiger partial charge in [-0.15, -0.1) is 0 Å². The zero-order chi connectivity index (χ0) is 20.8. The van der Waals surface area contributed by atoms with Gasteiger partial charge in [0.1, 0.15) is 5.69 Å². The molecule has 0 spiro atoms. The predicted molar refractivity (Wildman–Crippen MR) is 100 cm³/mol. The molecule has 1 heterocycles. The number of hydrogen-bond donors (Lipinski definition) is 3. The van der Waals surface area contributed by atoms with Crippen LogP contribution in [0.5, 0.6) is 11.5 Å². The molecule has 2 rings (SSSR count). The molecule has 0 atom stereocenters. The van der Waals surface area contributed by atoms with Crippen LogP contribution in [-0.4, -0.2) is 43.6 Å². The number of carbonyl (C=O) groups is 3. The third-order valence-electron chi connectivity index (χ3n) is 4.11. The standard InChI is InChI=1S/C19H23N3O6/c1-10-16(19(25)27-4)11(2)22-17(10)18(24)21-8-12-5-6-13(14(7-12)26-3)28-9-15(20)23/h5-7,22H,8-9H2,1-4H3,(H2,20,23)(H,21,24). The fourth-order valence-electron chi connectivity index (χ4n) is 2.75. The lowest BCUT2D eigenvalue weighted by Crippen LogP contribution is -2.24. The van der Waals surface area contributed by atoms with E-state index in [-0.39, 0.29) is 19.1 Å². The van der Waals surface area contributed by atoms with E-state index in [2.05, 4.69) is 10.3 Å². The Balaban J connectivity index is 2.11. The van der Waals surface area contributed by atoms with Crippen molar-refractivity contribution in [2.24, 2.45) is 5.73 Å². The Bertz CT molecular complexity index is 903. The van der Waals surface area contributed by atoms with Crippen LogP contribution in [0.25, 0.3) is 0 Å². The fraction of sp³-hybridized carbons (Fsp3) is 0.316.